The fourth-order valence-corrected chi connectivity index (χ4v) is 5.73. The van der Waals surface area contributed by atoms with Crippen LogP contribution in [0.5, 0.6) is 0 Å². The number of carbonyl (C=O) groups is 1. The molecular formula is C27H32N4OS. The maximum Gasteiger partial charge on any atom is 0.261 e. The third kappa shape index (κ3) is 5.46. The first-order valence-corrected chi connectivity index (χ1v) is 12.8. The van der Waals surface area contributed by atoms with Gasteiger partial charge in [0.1, 0.15) is 0 Å². The van der Waals surface area contributed by atoms with E-state index in [2.05, 4.69) is 80.7 Å². The molecule has 3 heterocycles. The van der Waals surface area contributed by atoms with Gasteiger partial charge < -0.3 is 15.1 Å². The summed E-state index contributed by atoms with van der Waals surface area (Å²) < 4.78 is 0. The highest BCUT2D eigenvalue weighted by atomic mass is 32.1. The Kier molecular flexibility index (Phi) is 7.05. The van der Waals surface area contributed by atoms with Crippen molar-refractivity contribution in [1.82, 2.24) is 15.1 Å². The molecule has 3 aromatic rings. The van der Waals surface area contributed by atoms with Gasteiger partial charge in [0.05, 0.1) is 9.88 Å². The number of nitrogens with zero attached hydrogens (tertiary/aromatic N) is 3. The van der Waals surface area contributed by atoms with Gasteiger partial charge in [-0.05, 0) is 48.7 Å². The van der Waals surface area contributed by atoms with Gasteiger partial charge in [0.2, 0.25) is 0 Å². The van der Waals surface area contributed by atoms with Crippen LogP contribution in [0.25, 0.3) is 0 Å². The van der Waals surface area contributed by atoms with Crippen molar-refractivity contribution >= 4 is 27.9 Å². The summed E-state index contributed by atoms with van der Waals surface area (Å²) in [6.07, 6.45) is 2.05. The number of thiophene rings is 1. The second kappa shape index (κ2) is 10.5. The molecule has 1 saturated heterocycles. The highest BCUT2D eigenvalue weighted by molar-refractivity contribution is 7.18. The zero-order chi connectivity index (χ0) is 22.5. The van der Waals surface area contributed by atoms with E-state index in [1.807, 2.05) is 6.07 Å². The molecule has 2 aliphatic heterocycles. The molecule has 2 aliphatic rings. The molecule has 5 rings (SSSR count). The molecule has 1 aromatic heterocycles. The summed E-state index contributed by atoms with van der Waals surface area (Å²) in [5, 5.41) is 4.27. The predicted octanol–water partition coefficient (Wildman–Crippen LogP) is 4.38. The van der Waals surface area contributed by atoms with Gasteiger partial charge in [-0.3, -0.25) is 9.69 Å². The van der Waals surface area contributed by atoms with Crippen LogP contribution in [0.15, 0.2) is 66.7 Å². The minimum Gasteiger partial charge on any atom is -0.351 e. The number of carbonyl (C=O) groups excluding carboxylic acids is 1. The summed E-state index contributed by atoms with van der Waals surface area (Å²) in [6.45, 7) is 8.22. The van der Waals surface area contributed by atoms with Crippen LogP contribution in [0.1, 0.15) is 27.2 Å². The van der Waals surface area contributed by atoms with Gasteiger partial charge in [-0.15, -0.1) is 11.3 Å². The molecule has 0 aliphatic carbocycles. The Balaban J connectivity index is 1.02. The molecule has 1 fully saturated rings. The third-order valence-corrected chi connectivity index (χ3v) is 7.73. The Hall–Kier alpha value is -2.67. The SMILES string of the molecule is O=C(NCCCN1CCN(Cc2ccccc2)CC1)c1ccc(N2CCc3ccccc32)s1. The highest BCUT2D eigenvalue weighted by Crippen LogP contribution is 2.38. The summed E-state index contributed by atoms with van der Waals surface area (Å²) in [5.41, 5.74) is 4.05. The highest BCUT2D eigenvalue weighted by Gasteiger charge is 2.22. The molecule has 0 spiro atoms. The summed E-state index contributed by atoms with van der Waals surface area (Å²) in [5.74, 6) is 0.0476. The van der Waals surface area contributed by atoms with Gasteiger partial charge in [-0.1, -0.05) is 48.5 Å². The zero-order valence-corrected chi connectivity index (χ0v) is 19.9. The number of para-hydroxylation sites is 1. The fraction of sp³-hybridized carbons (Fsp3) is 0.370. The predicted molar refractivity (Wildman–Crippen MR) is 137 cm³/mol. The Morgan fingerprint density at radius 3 is 2.45 bits per heavy atom. The van der Waals surface area contributed by atoms with Crippen molar-refractivity contribution in [2.75, 3.05) is 50.7 Å². The molecule has 1 amide bonds. The molecule has 0 radical (unpaired) electrons. The van der Waals surface area contributed by atoms with E-state index in [0.29, 0.717) is 0 Å². The number of fused-ring (bicyclic) bond motifs is 1. The van der Waals surface area contributed by atoms with Gasteiger partial charge in [0, 0.05) is 51.5 Å². The van der Waals surface area contributed by atoms with Crippen LogP contribution in [-0.2, 0) is 13.0 Å². The largest absolute Gasteiger partial charge is 0.351 e. The number of piperazine rings is 1. The van der Waals surface area contributed by atoms with E-state index in [0.717, 1.165) is 75.1 Å². The monoisotopic (exact) mass is 460 g/mol. The Morgan fingerprint density at radius 1 is 0.848 bits per heavy atom. The van der Waals surface area contributed by atoms with Crippen LogP contribution < -0.4 is 10.2 Å². The number of rotatable bonds is 8. The number of benzene rings is 2. The van der Waals surface area contributed by atoms with E-state index < -0.39 is 0 Å². The second-order valence-electron chi connectivity index (χ2n) is 8.88. The standard InChI is InChI=1S/C27H32N4OS/c32-27(25-11-12-26(33-25)31-16-13-23-9-4-5-10-24(23)31)28-14-6-15-29-17-19-30(20-18-29)21-22-7-2-1-3-8-22/h1-5,7-12H,6,13-21H2,(H,28,32). The number of nitrogens with one attached hydrogen (secondary N) is 1. The Labute approximate surface area is 200 Å². The lowest BCUT2D eigenvalue weighted by atomic mass is 10.2. The molecule has 172 valence electrons. The lowest BCUT2D eigenvalue weighted by Gasteiger charge is -2.34. The van der Waals surface area contributed by atoms with Crippen LogP contribution in [0.3, 0.4) is 0 Å². The minimum absolute atomic E-state index is 0.0476. The van der Waals surface area contributed by atoms with E-state index >= 15 is 0 Å². The molecule has 5 nitrogen and oxygen atoms in total. The second-order valence-corrected chi connectivity index (χ2v) is 9.94. The van der Waals surface area contributed by atoms with E-state index in [4.69, 9.17) is 0 Å². The molecule has 0 atom stereocenters. The van der Waals surface area contributed by atoms with Gasteiger partial charge in [0.25, 0.3) is 5.91 Å². The summed E-state index contributed by atoms with van der Waals surface area (Å²) in [4.78, 5) is 20.8. The molecule has 0 saturated carbocycles. The van der Waals surface area contributed by atoms with Crippen LogP contribution in [0, 0.1) is 0 Å². The lowest BCUT2D eigenvalue weighted by molar-refractivity contribution is 0.0951. The van der Waals surface area contributed by atoms with Crippen LogP contribution in [0.4, 0.5) is 10.7 Å². The van der Waals surface area contributed by atoms with Crippen molar-refractivity contribution in [2.45, 2.75) is 19.4 Å². The first-order chi connectivity index (χ1) is 16.3. The number of amides is 1. The van der Waals surface area contributed by atoms with Crippen molar-refractivity contribution in [2.24, 2.45) is 0 Å². The quantitative estimate of drug-likeness (QED) is 0.507. The Bertz CT molecular complexity index is 1060. The van der Waals surface area contributed by atoms with E-state index in [9.17, 15) is 4.79 Å². The number of hydrogen-bond acceptors (Lipinski definition) is 5. The van der Waals surface area contributed by atoms with Crippen molar-refractivity contribution in [1.29, 1.82) is 0 Å². The molecule has 6 heteroatoms. The summed E-state index contributed by atoms with van der Waals surface area (Å²) in [7, 11) is 0. The molecule has 33 heavy (non-hydrogen) atoms. The summed E-state index contributed by atoms with van der Waals surface area (Å²) in [6, 6.07) is 23.3. The first-order valence-electron chi connectivity index (χ1n) is 12.0. The van der Waals surface area contributed by atoms with Gasteiger partial charge in [-0.25, -0.2) is 0 Å². The molecule has 0 unspecified atom stereocenters. The third-order valence-electron chi connectivity index (χ3n) is 6.62. The van der Waals surface area contributed by atoms with Gasteiger partial charge in [-0.2, -0.15) is 0 Å². The van der Waals surface area contributed by atoms with Gasteiger partial charge in [0.15, 0.2) is 0 Å². The molecular weight excluding hydrogens is 428 g/mol. The maximum absolute atomic E-state index is 12.6. The van der Waals surface area contributed by atoms with Crippen molar-refractivity contribution in [3.63, 3.8) is 0 Å². The molecule has 1 N–H and O–H groups in total. The van der Waals surface area contributed by atoms with Crippen LogP contribution in [-0.4, -0.2) is 61.5 Å². The average Bonchev–Trinajstić information content (AvgIpc) is 3.51. The number of hydrogen-bond donors (Lipinski definition) is 1. The minimum atomic E-state index is 0.0476. The normalized spacial score (nSPS) is 16.7. The van der Waals surface area contributed by atoms with Crippen LogP contribution >= 0.6 is 11.3 Å². The average molecular weight is 461 g/mol. The van der Waals surface area contributed by atoms with E-state index in [1.54, 1.807) is 11.3 Å². The van der Waals surface area contributed by atoms with Crippen molar-refractivity contribution in [3.8, 4) is 0 Å². The Morgan fingerprint density at radius 2 is 1.61 bits per heavy atom. The van der Waals surface area contributed by atoms with E-state index in [1.165, 1.54) is 16.8 Å². The maximum atomic E-state index is 12.6. The smallest absolute Gasteiger partial charge is 0.261 e. The van der Waals surface area contributed by atoms with E-state index in [-0.39, 0.29) is 5.91 Å². The van der Waals surface area contributed by atoms with Gasteiger partial charge >= 0.3 is 0 Å². The lowest BCUT2D eigenvalue weighted by Crippen LogP contribution is -2.46. The fourth-order valence-electron chi connectivity index (χ4n) is 4.77. The zero-order valence-electron chi connectivity index (χ0n) is 19.1. The molecule has 0 bridgehead atoms. The van der Waals surface area contributed by atoms with Crippen LogP contribution in [0.2, 0.25) is 0 Å². The molecule has 2 aromatic carbocycles. The first kappa shape index (κ1) is 22.1. The number of anilines is 2. The summed E-state index contributed by atoms with van der Waals surface area (Å²) >= 11 is 1.59. The van der Waals surface area contributed by atoms with Crippen molar-refractivity contribution in [3.05, 3.63) is 82.7 Å². The van der Waals surface area contributed by atoms with Crippen molar-refractivity contribution < 1.29 is 4.79 Å². The topological polar surface area (TPSA) is 38.8 Å².